The largest absolute Gasteiger partial charge is 0.360 e. The molecular weight excluding hydrogens is 468 g/mol. The quantitative estimate of drug-likeness (QED) is 0.310. The summed E-state index contributed by atoms with van der Waals surface area (Å²) in [5.41, 5.74) is 7.81. The summed E-state index contributed by atoms with van der Waals surface area (Å²) in [6.07, 6.45) is 7.45. The van der Waals surface area contributed by atoms with E-state index in [9.17, 15) is 0 Å². The molecule has 7 heteroatoms. The third-order valence-corrected chi connectivity index (χ3v) is 7.82. The second-order valence-corrected chi connectivity index (χ2v) is 11.1. The standard InChI is InChI=1S/C29H33ClN6/c1-18-4-7-24-25(14-31-27(24)10-18)28-26(30)15-32-29(34-28)33-22-12-19(11-21(13-22)20-5-6-20)16-36-9-8-23(17-36)35(2)3/h4,7,10-15,20,23,31H,5-6,8-9,16-17H2,1-3H3,(H,32,33,34). The number of aryl methyl sites for hydroxylation is 1. The van der Waals surface area contributed by atoms with Crippen molar-refractivity contribution in [3.8, 4) is 11.3 Å². The summed E-state index contributed by atoms with van der Waals surface area (Å²) < 4.78 is 0. The molecule has 186 valence electrons. The van der Waals surface area contributed by atoms with Crippen LogP contribution in [0.2, 0.25) is 5.02 Å². The highest BCUT2D eigenvalue weighted by atomic mass is 35.5. The number of benzene rings is 2. The van der Waals surface area contributed by atoms with Crippen LogP contribution < -0.4 is 5.32 Å². The minimum absolute atomic E-state index is 0.541. The number of aromatic nitrogens is 3. The Morgan fingerprint density at radius 1 is 1.14 bits per heavy atom. The molecule has 2 N–H and O–H groups in total. The first-order chi connectivity index (χ1) is 17.4. The highest BCUT2D eigenvalue weighted by Crippen LogP contribution is 2.42. The van der Waals surface area contributed by atoms with Crippen molar-refractivity contribution in [2.75, 3.05) is 32.5 Å². The van der Waals surface area contributed by atoms with E-state index in [0.717, 1.165) is 47.5 Å². The summed E-state index contributed by atoms with van der Waals surface area (Å²) in [5.74, 6) is 1.23. The first kappa shape index (κ1) is 23.5. The summed E-state index contributed by atoms with van der Waals surface area (Å²) >= 11 is 6.58. The van der Waals surface area contributed by atoms with Crippen LogP contribution in [0, 0.1) is 6.92 Å². The van der Waals surface area contributed by atoms with Gasteiger partial charge in [-0.3, -0.25) is 4.90 Å². The maximum absolute atomic E-state index is 6.58. The maximum atomic E-state index is 6.58. The highest BCUT2D eigenvalue weighted by molar-refractivity contribution is 6.33. The highest BCUT2D eigenvalue weighted by Gasteiger charge is 2.26. The minimum atomic E-state index is 0.541. The summed E-state index contributed by atoms with van der Waals surface area (Å²) in [4.78, 5) is 17.6. The van der Waals surface area contributed by atoms with Crippen LogP contribution in [0.15, 0.2) is 48.8 Å². The van der Waals surface area contributed by atoms with E-state index in [1.54, 1.807) is 6.20 Å². The lowest BCUT2D eigenvalue weighted by atomic mass is 10.0. The van der Waals surface area contributed by atoms with Crippen molar-refractivity contribution >= 4 is 34.1 Å². The van der Waals surface area contributed by atoms with Gasteiger partial charge in [0.1, 0.15) is 0 Å². The Hall–Kier alpha value is -2.93. The number of rotatable bonds is 7. The Morgan fingerprint density at radius 2 is 2.00 bits per heavy atom. The molecule has 1 unspecified atom stereocenters. The second kappa shape index (κ2) is 9.51. The summed E-state index contributed by atoms with van der Waals surface area (Å²) in [5, 5.41) is 5.13. The SMILES string of the molecule is Cc1ccc2c(-c3nc(Nc4cc(CN5CCC(N(C)C)C5)cc(C5CC5)c4)ncc3Cl)c[nH]c2c1. The normalized spacial score (nSPS) is 18.4. The molecule has 1 saturated heterocycles. The zero-order valence-corrected chi connectivity index (χ0v) is 21.9. The molecule has 2 aliphatic rings. The van der Waals surface area contributed by atoms with Gasteiger partial charge < -0.3 is 15.2 Å². The number of likely N-dealkylation sites (N-methyl/N-ethyl adjacent to an activating group) is 1. The predicted octanol–water partition coefficient (Wildman–Crippen LogP) is 6.34. The first-order valence-electron chi connectivity index (χ1n) is 12.8. The molecule has 1 saturated carbocycles. The van der Waals surface area contributed by atoms with Crippen LogP contribution >= 0.6 is 11.6 Å². The van der Waals surface area contributed by atoms with Crippen LogP contribution in [0.1, 0.15) is 41.9 Å². The van der Waals surface area contributed by atoms with Crippen molar-refractivity contribution < 1.29 is 0 Å². The van der Waals surface area contributed by atoms with Crippen molar-refractivity contribution in [3.63, 3.8) is 0 Å². The number of nitrogens with one attached hydrogen (secondary N) is 2. The summed E-state index contributed by atoms with van der Waals surface area (Å²) in [7, 11) is 4.36. The molecule has 4 aromatic rings. The fourth-order valence-corrected chi connectivity index (χ4v) is 5.54. The van der Waals surface area contributed by atoms with Crippen LogP contribution in [0.4, 0.5) is 11.6 Å². The Bertz CT molecular complexity index is 1410. The van der Waals surface area contributed by atoms with E-state index in [1.165, 1.54) is 36.0 Å². The number of hydrogen-bond donors (Lipinski definition) is 2. The zero-order valence-electron chi connectivity index (χ0n) is 21.2. The van der Waals surface area contributed by atoms with Gasteiger partial charge >= 0.3 is 0 Å². The van der Waals surface area contributed by atoms with Crippen molar-refractivity contribution in [1.29, 1.82) is 0 Å². The van der Waals surface area contributed by atoms with Crippen molar-refractivity contribution in [2.24, 2.45) is 0 Å². The second-order valence-electron chi connectivity index (χ2n) is 10.6. The van der Waals surface area contributed by atoms with Crippen LogP contribution in [0.25, 0.3) is 22.2 Å². The fourth-order valence-electron chi connectivity index (χ4n) is 5.35. The van der Waals surface area contributed by atoms with Gasteiger partial charge in [0, 0.05) is 54.0 Å². The molecule has 0 spiro atoms. The van der Waals surface area contributed by atoms with Crippen LogP contribution in [0.5, 0.6) is 0 Å². The molecule has 36 heavy (non-hydrogen) atoms. The first-order valence-corrected chi connectivity index (χ1v) is 13.2. The molecule has 0 amide bonds. The van der Waals surface area contributed by atoms with Crippen LogP contribution in [-0.2, 0) is 6.54 Å². The average molecular weight is 501 g/mol. The molecule has 2 aromatic carbocycles. The number of halogens is 1. The van der Waals surface area contributed by atoms with Gasteiger partial charge in [-0.2, -0.15) is 0 Å². The zero-order chi connectivity index (χ0) is 24.8. The van der Waals surface area contributed by atoms with E-state index in [1.807, 2.05) is 6.20 Å². The van der Waals surface area contributed by atoms with Gasteiger partial charge in [-0.15, -0.1) is 0 Å². The number of nitrogens with zero attached hydrogens (tertiary/aromatic N) is 4. The van der Waals surface area contributed by atoms with Gasteiger partial charge in [0.15, 0.2) is 0 Å². The molecular formula is C29H33ClN6. The number of aromatic amines is 1. The van der Waals surface area contributed by atoms with Crippen molar-refractivity contribution in [3.05, 3.63) is 70.5 Å². The molecule has 0 bridgehead atoms. The molecule has 6 rings (SSSR count). The van der Waals surface area contributed by atoms with Gasteiger partial charge in [0.2, 0.25) is 5.95 Å². The molecule has 0 radical (unpaired) electrons. The van der Waals surface area contributed by atoms with Gasteiger partial charge in [-0.05, 0) is 81.1 Å². The molecule has 1 aliphatic heterocycles. The molecule has 1 atom stereocenters. The number of likely N-dealkylation sites (tertiary alicyclic amines) is 1. The van der Waals surface area contributed by atoms with E-state index >= 15 is 0 Å². The van der Waals surface area contributed by atoms with Gasteiger partial charge in [-0.1, -0.05) is 29.8 Å². The van der Waals surface area contributed by atoms with Gasteiger partial charge in [0.05, 0.1) is 16.9 Å². The minimum Gasteiger partial charge on any atom is -0.360 e. The summed E-state index contributed by atoms with van der Waals surface area (Å²) in [6.45, 7) is 5.33. The van der Waals surface area contributed by atoms with E-state index in [4.69, 9.17) is 16.6 Å². The van der Waals surface area contributed by atoms with Crippen molar-refractivity contribution in [2.45, 2.75) is 44.7 Å². The number of H-pyrrole nitrogens is 1. The Balaban J connectivity index is 1.28. The molecule has 1 aliphatic carbocycles. The third-order valence-electron chi connectivity index (χ3n) is 7.54. The Morgan fingerprint density at radius 3 is 2.78 bits per heavy atom. The van der Waals surface area contributed by atoms with Crippen LogP contribution in [0.3, 0.4) is 0 Å². The van der Waals surface area contributed by atoms with Gasteiger partial charge in [0.25, 0.3) is 0 Å². The lowest BCUT2D eigenvalue weighted by Gasteiger charge is -2.21. The maximum Gasteiger partial charge on any atom is 0.227 e. The third kappa shape index (κ3) is 4.85. The van der Waals surface area contributed by atoms with E-state index in [-0.39, 0.29) is 0 Å². The monoisotopic (exact) mass is 500 g/mol. The number of fused-ring (bicyclic) bond motifs is 1. The van der Waals surface area contributed by atoms with Crippen LogP contribution in [-0.4, -0.2) is 58.0 Å². The number of hydrogen-bond acceptors (Lipinski definition) is 5. The number of anilines is 2. The lowest BCUT2D eigenvalue weighted by Crippen LogP contribution is -2.31. The Kier molecular flexibility index (Phi) is 6.20. The topological polar surface area (TPSA) is 60.1 Å². The van der Waals surface area contributed by atoms with Crippen molar-refractivity contribution in [1.82, 2.24) is 24.8 Å². The molecule has 3 heterocycles. The molecule has 2 fully saturated rings. The van der Waals surface area contributed by atoms with E-state index < -0.39 is 0 Å². The Labute approximate surface area is 217 Å². The van der Waals surface area contributed by atoms with E-state index in [2.05, 4.69) is 82.5 Å². The fraction of sp³-hybridized carbons (Fsp3) is 0.379. The average Bonchev–Trinajstić information content (AvgIpc) is 3.46. The molecule has 6 nitrogen and oxygen atoms in total. The predicted molar refractivity (Wildman–Crippen MR) is 148 cm³/mol. The molecule has 2 aromatic heterocycles. The lowest BCUT2D eigenvalue weighted by molar-refractivity contribution is 0.264. The van der Waals surface area contributed by atoms with Gasteiger partial charge in [-0.25, -0.2) is 9.97 Å². The summed E-state index contributed by atoms with van der Waals surface area (Å²) in [6, 6.07) is 13.9. The van der Waals surface area contributed by atoms with E-state index in [0.29, 0.717) is 22.9 Å². The smallest absolute Gasteiger partial charge is 0.227 e.